The molecule has 0 spiro atoms. The average molecular weight is 442 g/mol. The van der Waals surface area contributed by atoms with Crippen LogP contribution in [0.3, 0.4) is 0 Å². The van der Waals surface area contributed by atoms with Crippen LogP contribution in [0.25, 0.3) is 6.08 Å². The first-order valence-electron chi connectivity index (χ1n) is 11.6. The largest absolute Gasteiger partial charge is 0.266 e. The zero-order valence-electron chi connectivity index (χ0n) is 18.1. The molecule has 1 saturated carbocycles. The molecule has 0 amide bonds. The van der Waals surface area contributed by atoms with Crippen molar-refractivity contribution in [3.63, 3.8) is 0 Å². The molecule has 3 aliphatic rings. The van der Waals surface area contributed by atoms with Crippen LogP contribution in [0.5, 0.6) is 0 Å². The molecule has 3 aromatic rings. The minimum absolute atomic E-state index is 0.362. The number of aryl methyl sites for hydroxylation is 1. The Morgan fingerprint density at radius 1 is 0.938 bits per heavy atom. The Hall–Kier alpha value is -2.85. The predicted octanol–water partition coefficient (Wildman–Crippen LogP) is 5.74. The van der Waals surface area contributed by atoms with Crippen molar-refractivity contribution in [2.24, 2.45) is 5.92 Å². The van der Waals surface area contributed by atoms with Gasteiger partial charge in [0.2, 0.25) is 0 Å². The number of anilines is 1. The minimum atomic E-state index is -3.50. The normalized spacial score (nSPS) is 20.9. The predicted molar refractivity (Wildman–Crippen MR) is 129 cm³/mol. The summed E-state index contributed by atoms with van der Waals surface area (Å²) >= 11 is 0. The molecule has 2 unspecified atom stereocenters. The van der Waals surface area contributed by atoms with Crippen LogP contribution in [-0.4, -0.2) is 15.0 Å². The molecule has 0 aromatic heterocycles. The van der Waals surface area contributed by atoms with Gasteiger partial charge in [0.1, 0.15) is 0 Å². The van der Waals surface area contributed by atoms with Gasteiger partial charge >= 0.3 is 0 Å². The summed E-state index contributed by atoms with van der Waals surface area (Å²) in [5, 5.41) is 0. The van der Waals surface area contributed by atoms with Crippen LogP contribution in [0.2, 0.25) is 0 Å². The lowest BCUT2D eigenvalue weighted by Gasteiger charge is -2.19. The summed E-state index contributed by atoms with van der Waals surface area (Å²) in [5.74, 6) is 1.36. The Labute approximate surface area is 190 Å². The van der Waals surface area contributed by atoms with E-state index in [-0.39, 0.29) is 0 Å². The van der Waals surface area contributed by atoms with Crippen molar-refractivity contribution in [1.29, 1.82) is 0 Å². The van der Waals surface area contributed by atoms with E-state index in [0.717, 1.165) is 36.4 Å². The van der Waals surface area contributed by atoms with Crippen molar-refractivity contribution in [2.75, 3.05) is 10.8 Å². The number of nitrogens with zero attached hydrogens (tertiary/aromatic N) is 1. The number of hydrogen-bond donors (Lipinski definition) is 0. The van der Waals surface area contributed by atoms with Gasteiger partial charge in [-0.15, -0.1) is 0 Å². The second kappa shape index (κ2) is 7.63. The standard InChI is InChI=1S/C28H27NO2S/c30-32(31,26-7-2-1-3-8-26)29-16-15-25-18-23(13-14-28(25)29)27-19-24(27)12-10-20-9-11-21-5-4-6-22(21)17-20/h1-4,6-9,11,13-14,17-18,24,27H,5,10,12,15-16,19H2. The molecule has 1 aliphatic heterocycles. The van der Waals surface area contributed by atoms with Crippen molar-refractivity contribution in [3.05, 3.63) is 101 Å². The van der Waals surface area contributed by atoms with E-state index >= 15 is 0 Å². The van der Waals surface area contributed by atoms with E-state index in [0.29, 0.717) is 17.4 Å². The monoisotopic (exact) mass is 441 g/mol. The first-order chi connectivity index (χ1) is 15.6. The van der Waals surface area contributed by atoms with E-state index in [9.17, 15) is 8.42 Å². The maximum atomic E-state index is 13.1. The van der Waals surface area contributed by atoms with Crippen molar-refractivity contribution >= 4 is 21.8 Å². The quantitative estimate of drug-likeness (QED) is 0.489. The Balaban J connectivity index is 1.14. The highest BCUT2D eigenvalue weighted by atomic mass is 32.2. The van der Waals surface area contributed by atoms with Gasteiger partial charge in [0.15, 0.2) is 0 Å². The second-order valence-corrected chi connectivity index (χ2v) is 11.2. The molecule has 32 heavy (non-hydrogen) atoms. The number of rotatable bonds is 6. The molecule has 4 heteroatoms. The van der Waals surface area contributed by atoms with Crippen LogP contribution in [0.4, 0.5) is 5.69 Å². The average Bonchev–Trinajstić information content (AvgIpc) is 3.23. The number of allylic oxidation sites excluding steroid dienone is 1. The summed E-state index contributed by atoms with van der Waals surface area (Å²) in [6, 6.07) is 22.1. The van der Waals surface area contributed by atoms with Gasteiger partial charge in [-0.05, 0) is 90.0 Å². The third-order valence-electron chi connectivity index (χ3n) is 7.29. The van der Waals surface area contributed by atoms with Gasteiger partial charge in [-0.1, -0.05) is 60.7 Å². The summed E-state index contributed by atoms with van der Waals surface area (Å²) in [7, 11) is -3.50. The maximum Gasteiger partial charge on any atom is 0.264 e. The first-order valence-corrected chi connectivity index (χ1v) is 13.0. The van der Waals surface area contributed by atoms with Gasteiger partial charge in [0, 0.05) is 6.54 Å². The van der Waals surface area contributed by atoms with Crippen LogP contribution in [-0.2, 0) is 29.3 Å². The van der Waals surface area contributed by atoms with Crippen LogP contribution in [0.1, 0.15) is 46.6 Å². The highest BCUT2D eigenvalue weighted by molar-refractivity contribution is 7.92. The van der Waals surface area contributed by atoms with Gasteiger partial charge in [-0.3, -0.25) is 4.31 Å². The fourth-order valence-corrected chi connectivity index (χ4v) is 6.90. The molecule has 3 nitrogen and oxygen atoms in total. The van der Waals surface area contributed by atoms with Crippen molar-refractivity contribution in [1.82, 2.24) is 0 Å². The van der Waals surface area contributed by atoms with Gasteiger partial charge in [0.25, 0.3) is 10.0 Å². The molecule has 6 rings (SSSR count). The maximum absolute atomic E-state index is 13.1. The second-order valence-electron chi connectivity index (χ2n) is 9.31. The summed E-state index contributed by atoms with van der Waals surface area (Å²) in [5.41, 5.74) is 7.67. The van der Waals surface area contributed by atoms with E-state index in [1.807, 2.05) is 12.1 Å². The van der Waals surface area contributed by atoms with E-state index < -0.39 is 10.0 Å². The van der Waals surface area contributed by atoms with Crippen molar-refractivity contribution < 1.29 is 8.42 Å². The highest BCUT2D eigenvalue weighted by Crippen LogP contribution is 2.51. The van der Waals surface area contributed by atoms with E-state index in [1.165, 1.54) is 35.1 Å². The van der Waals surface area contributed by atoms with E-state index in [1.54, 1.807) is 28.6 Å². The molecule has 2 aliphatic carbocycles. The van der Waals surface area contributed by atoms with Gasteiger partial charge in [-0.2, -0.15) is 0 Å². The summed E-state index contributed by atoms with van der Waals surface area (Å²) in [6.45, 7) is 0.525. The van der Waals surface area contributed by atoms with Crippen LogP contribution in [0.15, 0.2) is 77.7 Å². The zero-order valence-corrected chi connectivity index (χ0v) is 18.9. The van der Waals surface area contributed by atoms with Crippen LogP contribution >= 0.6 is 0 Å². The topological polar surface area (TPSA) is 37.4 Å². The van der Waals surface area contributed by atoms with Gasteiger partial charge in [-0.25, -0.2) is 8.42 Å². The lowest BCUT2D eigenvalue weighted by atomic mass is 9.99. The summed E-state index contributed by atoms with van der Waals surface area (Å²) < 4.78 is 27.8. The molecule has 1 heterocycles. The lowest BCUT2D eigenvalue weighted by molar-refractivity contribution is 0.592. The highest BCUT2D eigenvalue weighted by Gasteiger charge is 2.39. The summed E-state index contributed by atoms with van der Waals surface area (Å²) in [6.07, 6.45) is 9.94. The van der Waals surface area contributed by atoms with Crippen LogP contribution < -0.4 is 4.31 Å². The third-order valence-corrected chi connectivity index (χ3v) is 9.12. The molecule has 162 valence electrons. The zero-order chi connectivity index (χ0) is 21.7. The Morgan fingerprint density at radius 2 is 1.81 bits per heavy atom. The minimum Gasteiger partial charge on any atom is -0.266 e. The molecule has 0 radical (unpaired) electrons. The molecule has 2 atom stereocenters. The van der Waals surface area contributed by atoms with Crippen LogP contribution in [0, 0.1) is 5.92 Å². The van der Waals surface area contributed by atoms with E-state index in [4.69, 9.17) is 0 Å². The smallest absolute Gasteiger partial charge is 0.264 e. The SMILES string of the molecule is O=S(=O)(c1ccccc1)N1CCc2cc(C3CC3CCc3ccc4c(c3)C=CC4)ccc21. The number of hydrogen-bond acceptors (Lipinski definition) is 2. The van der Waals surface area contributed by atoms with Crippen molar-refractivity contribution in [2.45, 2.75) is 42.9 Å². The first kappa shape index (κ1) is 19.8. The fraction of sp³-hybridized carbons (Fsp3) is 0.286. The number of fused-ring (bicyclic) bond motifs is 2. The van der Waals surface area contributed by atoms with Gasteiger partial charge in [0.05, 0.1) is 10.6 Å². The third kappa shape index (κ3) is 3.47. The molecule has 0 saturated heterocycles. The van der Waals surface area contributed by atoms with Gasteiger partial charge < -0.3 is 0 Å². The lowest BCUT2D eigenvalue weighted by Crippen LogP contribution is -2.29. The van der Waals surface area contributed by atoms with Crippen molar-refractivity contribution in [3.8, 4) is 0 Å². The Bertz CT molecular complexity index is 1310. The fourth-order valence-electron chi connectivity index (χ4n) is 5.37. The Morgan fingerprint density at radius 3 is 2.69 bits per heavy atom. The Kier molecular flexibility index (Phi) is 4.72. The summed E-state index contributed by atoms with van der Waals surface area (Å²) in [4.78, 5) is 0.362. The molecule has 0 bridgehead atoms. The molecular weight excluding hydrogens is 414 g/mol. The molecule has 0 N–H and O–H groups in total. The molecule has 1 fully saturated rings. The molecule has 3 aromatic carbocycles. The number of sulfonamides is 1. The van der Waals surface area contributed by atoms with E-state index in [2.05, 4.69) is 42.5 Å². The molecular formula is C28H27NO2S. The number of benzene rings is 3.